The maximum absolute atomic E-state index is 13.0. The molecule has 1 saturated carbocycles. The van der Waals surface area contributed by atoms with E-state index >= 15 is 0 Å². The molecule has 2 heterocycles. The van der Waals surface area contributed by atoms with Gasteiger partial charge in [0.25, 0.3) is 5.91 Å². The number of nitrogens with zero attached hydrogens (tertiary/aromatic N) is 1. The number of amides is 1. The van der Waals surface area contributed by atoms with E-state index in [1.165, 1.54) is 0 Å². The third-order valence-corrected chi connectivity index (χ3v) is 5.09. The van der Waals surface area contributed by atoms with E-state index in [2.05, 4.69) is 0 Å². The molecule has 2 fully saturated rings. The van der Waals surface area contributed by atoms with Crippen LogP contribution < -0.4 is 9.47 Å². The average Bonchev–Trinajstić information content (AvgIpc) is 2.90. The minimum Gasteiger partial charge on any atom is -0.490 e. The normalized spacial score (nSPS) is 29.0. The standard InChI is InChI=1S/C18H23NO5/c1-21-15-6-4-13-17(15)24-10-7-19(13)18(20)12-3-5-14-16(11-12)23-9-2-8-22-14/h3,5,11,13,15,17H,2,4,6-10H2,1H3/t13-,15-,17+/m1/s1. The SMILES string of the molecule is CO[C@@H]1CC[C@@H]2[C@@H]1OCCN2C(=O)c1ccc2c(c1)OCCCO2. The maximum atomic E-state index is 13.0. The van der Waals surface area contributed by atoms with Gasteiger partial charge >= 0.3 is 0 Å². The highest BCUT2D eigenvalue weighted by Crippen LogP contribution is 2.34. The highest BCUT2D eigenvalue weighted by Gasteiger charge is 2.44. The van der Waals surface area contributed by atoms with Gasteiger partial charge in [-0.05, 0) is 31.0 Å². The first kappa shape index (κ1) is 15.7. The van der Waals surface area contributed by atoms with E-state index in [9.17, 15) is 4.79 Å². The summed E-state index contributed by atoms with van der Waals surface area (Å²) in [6.07, 6.45) is 2.75. The lowest BCUT2D eigenvalue weighted by Crippen LogP contribution is -2.53. The van der Waals surface area contributed by atoms with Crippen molar-refractivity contribution in [2.45, 2.75) is 37.5 Å². The number of carbonyl (C=O) groups excluding carboxylic acids is 1. The van der Waals surface area contributed by atoms with Crippen molar-refractivity contribution in [2.75, 3.05) is 33.5 Å². The van der Waals surface area contributed by atoms with Gasteiger partial charge in [-0.15, -0.1) is 0 Å². The lowest BCUT2D eigenvalue weighted by molar-refractivity contribution is -0.0946. The minimum absolute atomic E-state index is 0.0203. The molecule has 0 N–H and O–H groups in total. The van der Waals surface area contributed by atoms with Gasteiger partial charge in [0.05, 0.1) is 32.0 Å². The molecule has 2 aliphatic heterocycles. The summed E-state index contributed by atoms with van der Waals surface area (Å²) in [5, 5.41) is 0. The van der Waals surface area contributed by atoms with E-state index in [0.717, 1.165) is 19.3 Å². The van der Waals surface area contributed by atoms with Crippen molar-refractivity contribution in [1.82, 2.24) is 4.90 Å². The van der Waals surface area contributed by atoms with Crippen LogP contribution in [0.1, 0.15) is 29.6 Å². The Kier molecular flexibility index (Phi) is 4.33. The number of hydrogen-bond acceptors (Lipinski definition) is 5. The number of methoxy groups -OCH3 is 1. The fourth-order valence-corrected chi connectivity index (χ4v) is 3.88. The molecule has 1 aromatic rings. The number of hydrogen-bond donors (Lipinski definition) is 0. The first-order chi connectivity index (χ1) is 11.8. The van der Waals surface area contributed by atoms with Gasteiger partial charge in [-0.3, -0.25) is 4.79 Å². The first-order valence-electron chi connectivity index (χ1n) is 8.63. The Balaban J connectivity index is 1.56. The molecule has 6 nitrogen and oxygen atoms in total. The largest absolute Gasteiger partial charge is 0.490 e. The van der Waals surface area contributed by atoms with Crippen molar-refractivity contribution in [1.29, 1.82) is 0 Å². The molecule has 1 saturated heterocycles. The van der Waals surface area contributed by atoms with Crippen LogP contribution in [0.25, 0.3) is 0 Å². The summed E-state index contributed by atoms with van der Waals surface area (Å²) < 4.78 is 22.7. The van der Waals surface area contributed by atoms with Gasteiger partial charge in [0.2, 0.25) is 0 Å². The van der Waals surface area contributed by atoms with Crippen molar-refractivity contribution < 1.29 is 23.7 Å². The fourth-order valence-electron chi connectivity index (χ4n) is 3.88. The number of morpholine rings is 1. The monoisotopic (exact) mass is 333 g/mol. The predicted molar refractivity (Wildman–Crippen MR) is 86.6 cm³/mol. The molecule has 0 unspecified atom stereocenters. The number of rotatable bonds is 2. The van der Waals surface area contributed by atoms with Crippen molar-refractivity contribution >= 4 is 5.91 Å². The minimum atomic E-state index is -0.0203. The van der Waals surface area contributed by atoms with Gasteiger partial charge < -0.3 is 23.8 Å². The topological polar surface area (TPSA) is 57.2 Å². The summed E-state index contributed by atoms with van der Waals surface area (Å²) in [5.41, 5.74) is 0.640. The Hall–Kier alpha value is -1.79. The number of ether oxygens (including phenoxy) is 4. The lowest BCUT2D eigenvalue weighted by atomic mass is 10.1. The van der Waals surface area contributed by atoms with Crippen molar-refractivity contribution in [3.05, 3.63) is 23.8 Å². The van der Waals surface area contributed by atoms with Gasteiger partial charge in [-0.25, -0.2) is 0 Å². The van der Waals surface area contributed by atoms with Crippen molar-refractivity contribution in [3.8, 4) is 11.5 Å². The summed E-state index contributed by atoms with van der Waals surface area (Å²) in [5.74, 6) is 1.40. The Bertz CT molecular complexity index is 619. The Morgan fingerprint density at radius 1 is 1.17 bits per heavy atom. The summed E-state index contributed by atoms with van der Waals surface area (Å²) in [7, 11) is 1.71. The lowest BCUT2D eigenvalue weighted by Gasteiger charge is -2.39. The molecular weight excluding hydrogens is 310 g/mol. The molecule has 3 aliphatic rings. The zero-order valence-corrected chi connectivity index (χ0v) is 13.9. The van der Waals surface area contributed by atoms with Crippen LogP contribution in [0.15, 0.2) is 18.2 Å². The van der Waals surface area contributed by atoms with Gasteiger partial charge in [0.1, 0.15) is 6.10 Å². The molecule has 1 amide bonds. The third kappa shape index (κ3) is 2.74. The second kappa shape index (κ2) is 6.61. The molecule has 0 aromatic heterocycles. The summed E-state index contributed by atoms with van der Waals surface area (Å²) in [6, 6.07) is 5.55. The van der Waals surface area contributed by atoms with E-state index in [0.29, 0.717) is 43.4 Å². The van der Waals surface area contributed by atoms with Gasteiger partial charge in [-0.2, -0.15) is 0 Å². The van der Waals surface area contributed by atoms with Crippen LogP contribution in [-0.2, 0) is 9.47 Å². The molecule has 130 valence electrons. The molecule has 0 spiro atoms. The van der Waals surface area contributed by atoms with E-state index < -0.39 is 0 Å². The molecular formula is C18H23NO5. The summed E-state index contributed by atoms with van der Waals surface area (Å²) in [6.45, 7) is 2.43. The van der Waals surface area contributed by atoms with E-state index in [1.807, 2.05) is 17.0 Å². The highest BCUT2D eigenvalue weighted by atomic mass is 16.5. The molecule has 4 rings (SSSR count). The number of carbonyl (C=O) groups is 1. The van der Waals surface area contributed by atoms with E-state index in [4.69, 9.17) is 18.9 Å². The van der Waals surface area contributed by atoms with Gasteiger partial charge in [0.15, 0.2) is 11.5 Å². The fraction of sp³-hybridized carbons (Fsp3) is 0.611. The summed E-state index contributed by atoms with van der Waals surface area (Å²) in [4.78, 5) is 15.0. The zero-order chi connectivity index (χ0) is 16.5. The maximum Gasteiger partial charge on any atom is 0.254 e. The Morgan fingerprint density at radius 2 is 2.00 bits per heavy atom. The molecule has 24 heavy (non-hydrogen) atoms. The average molecular weight is 333 g/mol. The summed E-state index contributed by atoms with van der Waals surface area (Å²) >= 11 is 0. The smallest absolute Gasteiger partial charge is 0.254 e. The van der Waals surface area contributed by atoms with E-state index in [1.54, 1.807) is 13.2 Å². The Labute approximate surface area is 141 Å². The molecule has 1 aliphatic carbocycles. The number of benzene rings is 1. The van der Waals surface area contributed by atoms with Crippen LogP contribution in [0.5, 0.6) is 11.5 Å². The van der Waals surface area contributed by atoms with Crippen LogP contribution in [0, 0.1) is 0 Å². The third-order valence-electron chi connectivity index (χ3n) is 5.09. The molecule has 1 aromatic carbocycles. The quantitative estimate of drug-likeness (QED) is 0.827. The predicted octanol–water partition coefficient (Wildman–Crippen LogP) is 1.87. The molecule has 3 atom stereocenters. The second-order valence-electron chi connectivity index (χ2n) is 6.46. The van der Waals surface area contributed by atoms with Gasteiger partial charge in [0, 0.05) is 25.6 Å². The Morgan fingerprint density at radius 3 is 2.83 bits per heavy atom. The van der Waals surface area contributed by atoms with Crippen molar-refractivity contribution in [3.63, 3.8) is 0 Å². The molecule has 0 bridgehead atoms. The van der Waals surface area contributed by atoms with Crippen LogP contribution in [0.3, 0.4) is 0 Å². The first-order valence-corrected chi connectivity index (χ1v) is 8.63. The second-order valence-corrected chi connectivity index (χ2v) is 6.46. The highest BCUT2D eigenvalue weighted by molar-refractivity contribution is 5.95. The van der Waals surface area contributed by atoms with Crippen LogP contribution in [0.4, 0.5) is 0 Å². The molecule has 6 heteroatoms. The molecule has 0 radical (unpaired) electrons. The van der Waals surface area contributed by atoms with E-state index in [-0.39, 0.29) is 24.2 Å². The van der Waals surface area contributed by atoms with Gasteiger partial charge in [-0.1, -0.05) is 0 Å². The van der Waals surface area contributed by atoms with Crippen LogP contribution in [-0.4, -0.2) is 62.5 Å². The zero-order valence-electron chi connectivity index (χ0n) is 13.9. The van der Waals surface area contributed by atoms with Crippen LogP contribution >= 0.6 is 0 Å². The van der Waals surface area contributed by atoms with Crippen molar-refractivity contribution in [2.24, 2.45) is 0 Å². The van der Waals surface area contributed by atoms with Crippen LogP contribution in [0.2, 0.25) is 0 Å². The number of fused-ring (bicyclic) bond motifs is 2.